The predicted molar refractivity (Wildman–Crippen MR) is 84.6 cm³/mol. The molecule has 5 nitrogen and oxygen atoms in total. The van der Waals surface area contributed by atoms with Crippen molar-refractivity contribution in [1.29, 1.82) is 0 Å². The quantitative estimate of drug-likeness (QED) is 0.450. The third kappa shape index (κ3) is 5.37. The number of ether oxygens (including phenoxy) is 1. The van der Waals surface area contributed by atoms with E-state index in [0.29, 0.717) is 32.9 Å². The molecule has 1 fully saturated rings. The number of hydrogen-bond acceptors (Lipinski definition) is 3. The van der Waals surface area contributed by atoms with Crippen LogP contribution in [-0.2, 0) is 20.4 Å². The first-order valence-corrected chi connectivity index (χ1v) is 9.03. The Morgan fingerprint density at radius 1 is 1.48 bits per heavy atom. The van der Waals surface area contributed by atoms with Gasteiger partial charge in [-0.05, 0) is 12.0 Å². The summed E-state index contributed by atoms with van der Waals surface area (Å²) in [4.78, 5) is 0. The molecule has 1 atom stereocenters. The topological polar surface area (TPSA) is 50.8 Å². The Kier molecular flexibility index (Phi) is 6.00. The van der Waals surface area contributed by atoms with Crippen LogP contribution >= 0.6 is 19.3 Å². The van der Waals surface area contributed by atoms with Crippen molar-refractivity contribution >= 4 is 19.3 Å². The zero-order valence-electron chi connectivity index (χ0n) is 13.8. The van der Waals surface area contributed by atoms with E-state index in [1.807, 2.05) is 30.3 Å². The summed E-state index contributed by atoms with van der Waals surface area (Å²) in [5, 5.41) is 2.44. The van der Waals surface area contributed by atoms with Crippen molar-refractivity contribution in [3.8, 4) is 0 Å². The molecule has 1 N–H and O–H groups in total. The smallest absolute Gasteiger partial charge is 0.343 e. The highest BCUT2D eigenvalue weighted by molar-refractivity contribution is 7.54. The van der Waals surface area contributed by atoms with Gasteiger partial charge in [0.05, 0.1) is 19.8 Å². The normalized spacial score (nSPS) is 25.4. The summed E-state index contributed by atoms with van der Waals surface area (Å²) in [6.45, 7) is 0.220. The summed E-state index contributed by atoms with van der Waals surface area (Å²) >= 11 is 5.56. The van der Waals surface area contributed by atoms with Gasteiger partial charge in [0.1, 0.15) is 0 Å². The van der Waals surface area contributed by atoms with E-state index in [1.165, 1.54) is 0 Å². The summed E-state index contributed by atoms with van der Waals surface area (Å²) in [5.41, 5.74) is 1.07. The van der Waals surface area contributed by atoms with E-state index >= 15 is 0 Å². The number of alkyl halides is 1. The van der Waals surface area contributed by atoms with E-state index in [4.69, 9.17) is 23.6 Å². The monoisotopic (exact) mass is 334 g/mol. The summed E-state index contributed by atoms with van der Waals surface area (Å²) in [6.07, 6.45) is 0.744. The van der Waals surface area contributed by atoms with Gasteiger partial charge in [0.25, 0.3) is 0 Å². The minimum atomic E-state index is -3.43. The van der Waals surface area contributed by atoms with Gasteiger partial charge in [-0.3, -0.25) is 4.57 Å². The lowest BCUT2D eigenvalue weighted by atomic mass is 10.2. The first-order valence-electron chi connectivity index (χ1n) is 7.92. The molecular weight excluding hydrogens is 311 g/mol. The second-order valence-corrected chi connectivity index (χ2v) is 6.98. The van der Waals surface area contributed by atoms with Crippen LogP contribution in [0, 0.1) is 0 Å². The molecule has 0 saturated carbocycles. The molecule has 1 saturated heterocycles. The van der Waals surface area contributed by atoms with Crippen LogP contribution in [0.15, 0.2) is 30.3 Å². The van der Waals surface area contributed by atoms with Crippen molar-refractivity contribution in [3.05, 3.63) is 35.9 Å². The molecule has 21 heavy (non-hydrogen) atoms. The van der Waals surface area contributed by atoms with Crippen LogP contribution in [0.25, 0.3) is 0 Å². The maximum absolute atomic E-state index is 12.8. The number of nitrogens with one attached hydrogen (secondary N) is 1. The maximum Gasteiger partial charge on any atom is 0.343 e. The van der Waals surface area contributed by atoms with Gasteiger partial charge in [-0.15, -0.1) is 11.6 Å². The Morgan fingerprint density at radius 3 is 3.05 bits per heavy atom. The van der Waals surface area contributed by atoms with Crippen LogP contribution in [0.5, 0.6) is 0 Å². The highest BCUT2D eigenvalue weighted by Crippen LogP contribution is 2.48. The van der Waals surface area contributed by atoms with Gasteiger partial charge in [-0.2, -0.15) is 0 Å². The number of benzene rings is 1. The SMILES string of the molecule is [2H]C([2H])(CCl)NP1(=O)OCCCN1CCOCc1ccccc1. The molecule has 2 rings (SSSR count). The van der Waals surface area contributed by atoms with E-state index in [1.54, 1.807) is 4.67 Å². The Bertz CT molecular complexity index is 536. The third-order valence-electron chi connectivity index (χ3n) is 3.09. The Labute approximate surface area is 133 Å². The lowest BCUT2D eigenvalue weighted by Gasteiger charge is -2.34. The van der Waals surface area contributed by atoms with Crippen molar-refractivity contribution in [1.82, 2.24) is 9.76 Å². The van der Waals surface area contributed by atoms with Gasteiger partial charge in [0.15, 0.2) is 0 Å². The van der Waals surface area contributed by atoms with E-state index in [-0.39, 0.29) is 5.88 Å². The lowest BCUT2D eigenvalue weighted by Crippen LogP contribution is -2.37. The molecule has 1 aliphatic heterocycles. The van der Waals surface area contributed by atoms with Gasteiger partial charge in [0.2, 0.25) is 0 Å². The molecule has 0 spiro atoms. The van der Waals surface area contributed by atoms with E-state index < -0.39 is 14.2 Å². The molecule has 0 aliphatic carbocycles. The van der Waals surface area contributed by atoms with Crippen molar-refractivity contribution in [3.63, 3.8) is 0 Å². The van der Waals surface area contributed by atoms with Crippen LogP contribution in [-0.4, -0.2) is 43.4 Å². The fourth-order valence-corrected chi connectivity index (χ4v) is 3.99. The highest BCUT2D eigenvalue weighted by atomic mass is 35.5. The fraction of sp³-hybridized carbons (Fsp3) is 0.571. The first-order chi connectivity index (χ1) is 11.0. The van der Waals surface area contributed by atoms with E-state index in [0.717, 1.165) is 12.0 Å². The molecule has 0 bridgehead atoms. The second kappa shape index (κ2) is 8.89. The van der Waals surface area contributed by atoms with Crippen LogP contribution in [0.2, 0.25) is 0 Å². The zero-order chi connectivity index (χ0) is 16.8. The minimum Gasteiger partial charge on any atom is -0.375 e. The summed E-state index contributed by atoms with van der Waals surface area (Å²) in [6, 6.07) is 9.80. The molecule has 1 aromatic carbocycles. The van der Waals surface area contributed by atoms with Crippen molar-refractivity contribution in [2.24, 2.45) is 0 Å². The van der Waals surface area contributed by atoms with Crippen LogP contribution < -0.4 is 5.09 Å². The van der Waals surface area contributed by atoms with Crippen molar-refractivity contribution < 1.29 is 16.6 Å². The van der Waals surface area contributed by atoms with E-state index in [2.05, 4.69) is 5.09 Å². The zero-order valence-corrected chi connectivity index (χ0v) is 13.5. The Morgan fingerprint density at radius 2 is 2.29 bits per heavy atom. The van der Waals surface area contributed by atoms with Crippen molar-refractivity contribution in [2.45, 2.75) is 13.0 Å². The molecule has 1 unspecified atom stereocenters. The number of nitrogens with zero attached hydrogens (tertiary/aromatic N) is 1. The van der Waals surface area contributed by atoms with Crippen molar-refractivity contribution in [2.75, 3.05) is 38.7 Å². The van der Waals surface area contributed by atoms with Gasteiger partial charge < -0.3 is 9.26 Å². The minimum absolute atomic E-state index is 0.307. The van der Waals surface area contributed by atoms with E-state index in [9.17, 15) is 4.57 Å². The number of rotatable bonds is 8. The van der Waals surface area contributed by atoms with Crippen LogP contribution in [0.3, 0.4) is 0 Å². The summed E-state index contributed by atoms with van der Waals surface area (Å²) in [7, 11) is -3.43. The van der Waals surface area contributed by atoms with Gasteiger partial charge >= 0.3 is 7.67 Å². The average molecular weight is 335 g/mol. The third-order valence-corrected chi connectivity index (χ3v) is 5.34. The molecule has 1 aliphatic rings. The number of hydrogen-bond donors (Lipinski definition) is 1. The largest absolute Gasteiger partial charge is 0.375 e. The predicted octanol–water partition coefficient (Wildman–Crippen LogP) is 2.86. The Balaban J connectivity index is 1.85. The molecule has 0 amide bonds. The second-order valence-electron chi connectivity index (χ2n) is 4.62. The lowest BCUT2D eigenvalue weighted by molar-refractivity contribution is 0.0977. The standard InChI is InChI=1S/C14H22ClN2O3P/c15-7-8-16-21(18)17(9-4-11-20-21)10-12-19-13-14-5-2-1-3-6-14/h1-3,5-6H,4,7-13H2,(H,16,18)/i8D2. The molecular formula is C14H22ClN2O3P. The fourth-order valence-electron chi connectivity index (χ4n) is 2.06. The molecule has 1 aromatic rings. The van der Waals surface area contributed by atoms with Gasteiger partial charge in [0, 0.05) is 28.2 Å². The van der Waals surface area contributed by atoms with Gasteiger partial charge in [-0.1, -0.05) is 30.3 Å². The Hall–Kier alpha value is -0.420. The molecule has 7 heteroatoms. The first kappa shape index (κ1) is 14.2. The molecule has 1 heterocycles. The summed E-state index contributed by atoms with van der Waals surface area (Å²) < 4.78 is 40.7. The maximum atomic E-state index is 12.8. The molecule has 0 aromatic heterocycles. The molecule has 118 valence electrons. The average Bonchev–Trinajstić information content (AvgIpc) is 2.53. The van der Waals surface area contributed by atoms with Gasteiger partial charge in [-0.25, -0.2) is 9.76 Å². The number of halogens is 1. The van der Waals surface area contributed by atoms with Crippen LogP contribution in [0.1, 0.15) is 14.7 Å². The molecule has 0 radical (unpaired) electrons. The van der Waals surface area contributed by atoms with Crippen LogP contribution in [0.4, 0.5) is 0 Å². The summed E-state index contributed by atoms with van der Waals surface area (Å²) in [5.74, 6) is -0.307. The highest BCUT2D eigenvalue weighted by Gasteiger charge is 2.34.